The van der Waals surface area contributed by atoms with Gasteiger partial charge in [0, 0.05) is 38.2 Å². The summed E-state index contributed by atoms with van der Waals surface area (Å²) in [7, 11) is -2.09. The Morgan fingerprint density at radius 3 is 2.26 bits per heavy atom. The lowest BCUT2D eigenvalue weighted by Crippen LogP contribution is -2.47. The second-order valence-corrected chi connectivity index (χ2v) is 12.3. The Balaban J connectivity index is 1.78. The first kappa shape index (κ1) is 31.5. The van der Waals surface area contributed by atoms with E-state index in [1.54, 1.807) is 0 Å². The van der Waals surface area contributed by atoms with Gasteiger partial charge in [-0.25, -0.2) is 21.9 Å². The summed E-state index contributed by atoms with van der Waals surface area (Å²) in [4.78, 5) is 16.4. The minimum Gasteiger partial charge on any atom is -0.338 e. The van der Waals surface area contributed by atoms with Gasteiger partial charge in [0.2, 0.25) is 15.7 Å². The highest BCUT2D eigenvalue weighted by molar-refractivity contribution is 7.88. The van der Waals surface area contributed by atoms with Crippen LogP contribution in [0.25, 0.3) is 0 Å². The average molecular weight is 616 g/mol. The zero-order chi connectivity index (χ0) is 29.2. The van der Waals surface area contributed by atoms with Crippen molar-refractivity contribution in [2.24, 2.45) is 0 Å². The van der Waals surface area contributed by atoms with Crippen molar-refractivity contribution in [2.45, 2.75) is 43.7 Å². The zero-order valence-corrected chi connectivity index (χ0v) is 23.5. The highest BCUT2D eigenvalue weighted by Crippen LogP contribution is 2.37. The van der Waals surface area contributed by atoms with E-state index in [4.69, 9.17) is 23.2 Å². The van der Waals surface area contributed by atoms with Gasteiger partial charge in [-0.15, -0.1) is 0 Å². The van der Waals surface area contributed by atoms with Crippen molar-refractivity contribution in [1.29, 1.82) is 0 Å². The summed E-state index contributed by atoms with van der Waals surface area (Å²) in [6.07, 6.45) is -3.07. The van der Waals surface area contributed by atoms with Crippen LogP contribution < -0.4 is 4.72 Å². The maximum atomic E-state index is 16.7. The van der Waals surface area contributed by atoms with Gasteiger partial charge in [0.05, 0.1) is 21.9 Å². The molecule has 0 aromatic heterocycles. The number of nitrogens with zero attached hydrogens (tertiary/aromatic N) is 2. The normalized spacial score (nSPS) is 17.2. The molecule has 1 N–H and O–H groups in total. The second-order valence-electron chi connectivity index (χ2n) is 9.66. The Kier molecular flexibility index (Phi) is 9.91. The first-order valence-corrected chi connectivity index (χ1v) is 14.6. The molecule has 1 saturated heterocycles. The van der Waals surface area contributed by atoms with Crippen LogP contribution in [0, 0.1) is 5.82 Å². The van der Waals surface area contributed by atoms with Gasteiger partial charge >= 0.3 is 6.18 Å². The number of hydrogen-bond acceptors (Lipinski definition) is 4. The zero-order valence-electron chi connectivity index (χ0n) is 21.2. The molecule has 0 spiro atoms. The van der Waals surface area contributed by atoms with Crippen LogP contribution in [0.1, 0.15) is 36.0 Å². The van der Waals surface area contributed by atoms with Gasteiger partial charge in [0.25, 0.3) is 5.91 Å². The molecule has 0 saturated carbocycles. The molecular weight excluding hydrogens is 588 g/mol. The van der Waals surface area contributed by atoms with Crippen LogP contribution in [0.4, 0.5) is 22.0 Å². The van der Waals surface area contributed by atoms with Gasteiger partial charge in [-0.1, -0.05) is 35.3 Å². The van der Waals surface area contributed by atoms with E-state index >= 15 is 4.39 Å². The Morgan fingerprint density at radius 1 is 1.08 bits per heavy atom. The summed E-state index contributed by atoms with van der Waals surface area (Å²) in [5.41, 5.74) is -4.03. The molecule has 14 heteroatoms. The number of benzene rings is 2. The quantitative estimate of drug-likeness (QED) is 0.385. The lowest BCUT2D eigenvalue weighted by molar-refractivity contribution is -0.145. The number of likely N-dealkylation sites (tertiary alicyclic amines) is 1. The van der Waals surface area contributed by atoms with Crippen LogP contribution in [-0.4, -0.2) is 63.1 Å². The Morgan fingerprint density at radius 2 is 1.72 bits per heavy atom. The van der Waals surface area contributed by atoms with Crippen molar-refractivity contribution < 1.29 is 35.2 Å². The highest BCUT2D eigenvalue weighted by Gasteiger charge is 2.43. The van der Waals surface area contributed by atoms with Crippen LogP contribution in [0.3, 0.4) is 0 Å². The molecule has 2 aromatic rings. The van der Waals surface area contributed by atoms with E-state index < -0.39 is 39.2 Å². The molecule has 6 nitrogen and oxygen atoms in total. The summed E-state index contributed by atoms with van der Waals surface area (Å²) in [6, 6.07) is 5.97. The van der Waals surface area contributed by atoms with Crippen LogP contribution in [-0.2, 0) is 33.2 Å². The van der Waals surface area contributed by atoms with Crippen LogP contribution in [0.15, 0.2) is 36.4 Å². The van der Waals surface area contributed by atoms with Crippen molar-refractivity contribution >= 4 is 39.1 Å². The third-order valence-corrected chi connectivity index (χ3v) is 8.06. The summed E-state index contributed by atoms with van der Waals surface area (Å²) >= 11 is 12.1. The molecule has 0 radical (unpaired) electrons. The molecule has 1 aliphatic rings. The highest BCUT2D eigenvalue weighted by atomic mass is 35.5. The number of likely N-dealkylation sites (N-methyl/N-ethyl adjacent to an activating group) is 1. The Labute approximate surface area is 234 Å². The van der Waals surface area contributed by atoms with E-state index in [-0.39, 0.29) is 46.7 Å². The smallest absolute Gasteiger partial charge is 0.338 e. The van der Waals surface area contributed by atoms with Crippen molar-refractivity contribution in [2.75, 3.05) is 32.9 Å². The molecule has 2 aromatic carbocycles. The molecule has 216 valence electrons. The Hall–Kier alpha value is -1.99. The average Bonchev–Trinajstić information content (AvgIpc) is 2.83. The van der Waals surface area contributed by atoms with E-state index in [1.165, 1.54) is 25.2 Å². The number of amides is 1. The van der Waals surface area contributed by atoms with E-state index in [1.807, 2.05) is 4.90 Å². The summed E-state index contributed by atoms with van der Waals surface area (Å²) in [5.74, 6) is -2.49. The van der Waals surface area contributed by atoms with E-state index in [0.717, 1.165) is 17.2 Å². The summed E-state index contributed by atoms with van der Waals surface area (Å²) in [5, 5.41) is 0.188. The van der Waals surface area contributed by atoms with Crippen molar-refractivity contribution in [3.05, 3.63) is 69.0 Å². The minimum atomic E-state index is -4.87. The molecular formula is C25H28Cl2F5N3O3S. The van der Waals surface area contributed by atoms with Gasteiger partial charge in [0.1, 0.15) is 5.82 Å². The predicted molar refractivity (Wildman–Crippen MR) is 139 cm³/mol. The molecule has 3 rings (SSSR count). The summed E-state index contributed by atoms with van der Waals surface area (Å²) in [6.45, 7) is 0.749. The minimum absolute atomic E-state index is 0.0316. The maximum absolute atomic E-state index is 16.7. The molecule has 0 bridgehead atoms. The lowest BCUT2D eigenvalue weighted by atomic mass is 9.90. The number of carbonyl (C=O) groups excluding carboxylic acids is 1. The van der Waals surface area contributed by atoms with Crippen LogP contribution >= 0.6 is 23.2 Å². The number of rotatable bonds is 9. The number of sulfonamides is 1. The molecule has 1 atom stereocenters. The monoisotopic (exact) mass is 615 g/mol. The summed E-state index contributed by atoms with van der Waals surface area (Å²) < 4.78 is 95.0. The topological polar surface area (TPSA) is 69.7 Å². The first-order valence-electron chi connectivity index (χ1n) is 11.9. The van der Waals surface area contributed by atoms with Crippen molar-refractivity contribution in [3.8, 4) is 0 Å². The molecule has 1 unspecified atom stereocenters. The number of alkyl halides is 4. The van der Waals surface area contributed by atoms with E-state index in [2.05, 4.69) is 4.72 Å². The maximum Gasteiger partial charge on any atom is 0.419 e. The van der Waals surface area contributed by atoms with Crippen LogP contribution in [0.5, 0.6) is 0 Å². The Bertz CT molecular complexity index is 1300. The number of piperidine rings is 1. The number of nitrogens with one attached hydrogen (secondary N) is 1. The fourth-order valence-corrected chi connectivity index (χ4v) is 5.68. The lowest BCUT2D eigenvalue weighted by Gasteiger charge is -2.35. The molecule has 0 aliphatic carbocycles. The number of carbonyl (C=O) groups is 1. The molecule has 1 amide bonds. The number of hydrogen-bond donors (Lipinski definition) is 1. The van der Waals surface area contributed by atoms with Gasteiger partial charge in [-0.2, -0.15) is 13.2 Å². The van der Waals surface area contributed by atoms with Crippen molar-refractivity contribution in [3.63, 3.8) is 0 Å². The second kappa shape index (κ2) is 12.3. The van der Waals surface area contributed by atoms with E-state index in [9.17, 15) is 30.8 Å². The molecule has 1 fully saturated rings. The van der Waals surface area contributed by atoms with Gasteiger partial charge in [-0.05, 0) is 55.8 Å². The van der Waals surface area contributed by atoms with Gasteiger partial charge < -0.3 is 9.80 Å². The standard InChI is InChI=1S/C25H28Cl2F5N3O3S/c1-34(15-16-3-5-19(22(28)13-16)25(30,31)32)23(36)24(29,17-4-6-20(26)21(27)14-17)9-12-35-10-7-18(8-11-35)33-39(2,37)38/h3-6,13-14,18,33H,7-12,15H2,1-2H3. The SMILES string of the molecule is CN(Cc1ccc(C(F)(F)F)c(F)c1)C(=O)C(F)(CCN1CCC(NS(C)(=O)=O)CC1)c1ccc(Cl)c(Cl)c1. The molecule has 39 heavy (non-hydrogen) atoms. The molecule has 1 heterocycles. The third kappa shape index (κ3) is 8.26. The fraction of sp³-hybridized carbons (Fsp3) is 0.480. The van der Waals surface area contributed by atoms with Gasteiger partial charge in [0.15, 0.2) is 0 Å². The van der Waals surface area contributed by atoms with E-state index in [0.29, 0.717) is 38.1 Å². The van der Waals surface area contributed by atoms with Crippen LogP contribution in [0.2, 0.25) is 10.0 Å². The third-order valence-electron chi connectivity index (χ3n) is 6.56. The predicted octanol–water partition coefficient (Wildman–Crippen LogP) is 5.38. The van der Waals surface area contributed by atoms with Gasteiger partial charge in [-0.3, -0.25) is 4.79 Å². The number of halogens is 7. The molecule has 1 aliphatic heterocycles. The largest absolute Gasteiger partial charge is 0.419 e. The first-order chi connectivity index (χ1) is 18.0. The fourth-order valence-electron chi connectivity index (χ4n) is 4.54. The van der Waals surface area contributed by atoms with Crippen molar-refractivity contribution in [1.82, 2.24) is 14.5 Å².